The highest BCUT2D eigenvalue weighted by Crippen LogP contribution is 2.29. The zero-order valence-electron chi connectivity index (χ0n) is 15.8. The first kappa shape index (κ1) is 22.2. The minimum absolute atomic E-state index is 0.101. The fourth-order valence-electron chi connectivity index (χ4n) is 3.47. The normalized spacial score (nSPS) is 24.8. The van der Waals surface area contributed by atoms with Crippen molar-refractivity contribution in [1.29, 1.82) is 0 Å². The number of guanidine groups is 1. The Morgan fingerprint density at radius 3 is 2.56 bits per heavy atom. The maximum Gasteiger partial charge on any atom is 0.401 e. The molecule has 158 valence electrons. The molecule has 27 heavy (non-hydrogen) atoms. The number of alkyl halides is 3. The Kier molecular flexibility index (Phi) is 7.37. The molecular formula is C16H29F3N4O3S. The number of likely N-dealkylation sites (tertiary alicyclic amines) is 1. The summed E-state index contributed by atoms with van der Waals surface area (Å²) < 4.78 is 66.6. The van der Waals surface area contributed by atoms with E-state index in [1.807, 2.05) is 6.92 Å². The highest BCUT2D eigenvalue weighted by Gasteiger charge is 2.42. The molecule has 1 unspecified atom stereocenters. The van der Waals surface area contributed by atoms with Crippen molar-refractivity contribution in [3.8, 4) is 0 Å². The highest BCUT2D eigenvalue weighted by atomic mass is 32.2. The predicted octanol–water partition coefficient (Wildman–Crippen LogP) is 0.772. The molecule has 2 N–H and O–H groups in total. The predicted molar refractivity (Wildman–Crippen MR) is 97.6 cm³/mol. The van der Waals surface area contributed by atoms with Crippen LogP contribution >= 0.6 is 0 Å². The van der Waals surface area contributed by atoms with E-state index < -0.39 is 27.3 Å². The molecule has 0 spiro atoms. The van der Waals surface area contributed by atoms with Crippen molar-refractivity contribution in [3.63, 3.8) is 0 Å². The molecule has 0 aromatic heterocycles. The van der Waals surface area contributed by atoms with E-state index in [0.717, 1.165) is 0 Å². The zero-order valence-corrected chi connectivity index (χ0v) is 16.6. The number of hydrogen-bond acceptors (Lipinski definition) is 5. The molecule has 0 bridgehead atoms. The third kappa shape index (κ3) is 6.49. The number of hydrogen-bond donors (Lipinski definition) is 2. The standard InChI is InChI=1S/C16H29F3N4O3S/c1-3-20-14(22-13-4-7-23(10-13)12-16(17,18)19)21-11-15(27(2,24)25)5-8-26-9-6-15/h13H,3-12H2,1-2H3,(H2,20,21,22). The second-order valence-corrected chi connectivity index (χ2v) is 9.65. The van der Waals surface area contributed by atoms with Crippen LogP contribution in [0.15, 0.2) is 4.99 Å². The SMILES string of the molecule is CCNC(=NCC1(S(C)(=O)=O)CCOCC1)NC1CCN(CC(F)(F)F)C1. The Morgan fingerprint density at radius 1 is 1.33 bits per heavy atom. The first-order valence-corrected chi connectivity index (χ1v) is 11.0. The number of ether oxygens (including phenoxy) is 1. The second-order valence-electron chi connectivity index (χ2n) is 7.24. The minimum atomic E-state index is -4.21. The van der Waals surface area contributed by atoms with Crippen molar-refractivity contribution in [2.75, 3.05) is 52.2 Å². The van der Waals surface area contributed by atoms with Gasteiger partial charge in [-0.2, -0.15) is 13.2 Å². The van der Waals surface area contributed by atoms with Gasteiger partial charge in [0.25, 0.3) is 0 Å². The van der Waals surface area contributed by atoms with Crippen LogP contribution in [0.2, 0.25) is 0 Å². The fraction of sp³-hybridized carbons (Fsp3) is 0.938. The molecule has 2 aliphatic rings. The summed E-state index contributed by atoms with van der Waals surface area (Å²) in [5, 5.41) is 6.20. The van der Waals surface area contributed by atoms with Gasteiger partial charge in [0, 0.05) is 45.1 Å². The molecule has 0 amide bonds. The summed E-state index contributed by atoms with van der Waals surface area (Å²) in [4.78, 5) is 5.82. The van der Waals surface area contributed by atoms with Gasteiger partial charge in [-0.3, -0.25) is 9.89 Å². The van der Waals surface area contributed by atoms with Crippen molar-refractivity contribution >= 4 is 15.8 Å². The van der Waals surface area contributed by atoms with Crippen molar-refractivity contribution in [3.05, 3.63) is 0 Å². The maximum atomic E-state index is 12.5. The first-order valence-electron chi connectivity index (χ1n) is 9.16. The van der Waals surface area contributed by atoms with E-state index in [1.165, 1.54) is 11.2 Å². The van der Waals surface area contributed by atoms with E-state index in [2.05, 4.69) is 15.6 Å². The van der Waals surface area contributed by atoms with Crippen molar-refractivity contribution in [2.45, 2.75) is 43.2 Å². The largest absolute Gasteiger partial charge is 0.401 e. The van der Waals surface area contributed by atoms with E-state index >= 15 is 0 Å². The summed E-state index contributed by atoms with van der Waals surface area (Å²) in [6, 6.07) is -0.158. The van der Waals surface area contributed by atoms with Gasteiger partial charge in [0.2, 0.25) is 0 Å². The molecule has 0 aromatic rings. The second kappa shape index (κ2) is 8.95. The Bertz CT molecular complexity index is 619. The molecule has 0 aromatic carbocycles. The monoisotopic (exact) mass is 414 g/mol. The lowest BCUT2D eigenvalue weighted by atomic mass is 9.99. The molecule has 0 saturated carbocycles. The lowest BCUT2D eigenvalue weighted by Crippen LogP contribution is -2.49. The number of rotatable bonds is 6. The van der Waals surface area contributed by atoms with Gasteiger partial charge in [0.05, 0.1) is 17.8 Å². The molecule has 7 nitrogen and oxygen atoms in total. The van der Waals surface area contributed by atoms with Crippen molar-refractivity contribution in [2.24, 2.45) is 4.99 Å². The van der Waals surface area contributed by atoms with Crippen LogP contribution in [0.5, 0.6) is 0 Å². The summed E-state index contributed by atoms with van der Waals surface area (Å²) in [5.74, 6) is 0.436. The lowest BCUT2D eigenvalue weighted by molar-refractivity contribution is -0.143. The number of aliphatic imine (C=N–C) groups is 1. The minimum Gasteiger partial charge on any atom is -0.381 e. The van der Waals surface area contributed by atoms with Gasteiger partial charge in [-0.05, 0) is 26.2 Å². The van der Waals surface area contributed by atoms with Crippen LogP contribution in [-0.4, -0.2) is 88.4 Å². The van der Waals surface area contributed by atoms with Crippen LogP contribution in [0.1, 0.15) is 26.2 Å². The van der Waals surface area contributed by atoms with Crippen LogP contribution in [0.3, 0.4) is 0 Å². The third-order valence-electron chi connectivity index (χ3n) is 5.08. The average Bonchev–Trinajstić information content (AvgIpc) is 2.97. The van der Waals surface area contributed by atoms with E-state index in [0.29, 0.717) is 51.5 Å². The molecule has 1 atom stereocenters. The third-order valence-corrected chi connectivity index (χ3v) is 7.19. The van der Waals surface area contributed by atoms with E-state index in [-0.39, 0.29) is 19.1 Å². The van der Waals surface area contributed by atoms with Crippen LogP contribution in [-0.2, 0) is 14.6 Å². The summed E-state index contributed by atoms with van der Waals surface area (Å²) >= 11 is 0. The molecular weight excluding hydrogens is 385 g/mol. The topological polar surface area (TPSA) is 83.0 Å². The molecule has 2 fully saturated rings. The molecule has 11 heteroatoms. The molecule has 0 radical (unpaired) electrons. The van der Waals surface area contributed by atoms with Gasteiger partial charge < -0.3 is 15.4 Å². The highest BCUT2D eigenvalue weighted by molar-refractivity contribution is 7.92. The van der Waals surface area contributed by atoms with Crippen LogP contribution < -0.4 is 10.6 Å². The Labute approximate surface area is 158 Å². The fourth-order valence-corrected chi connectivity index (χ4v) is 4.68. The quantitative estimate of drug-likeness (QED) is 0.494. The van der Waals surface area contributed by atoms with Crippen LogP contribution in [0.4, 0.5) is 13.2 Å². The number of nitrogens with one attached hydrogen (secondary N) is 2. The zero-order chi connectivity index (χ0) is 20.1. The van der Waals surface area contributed by atoms with Gasteiger partial charge >= 0.3 is 6.18 Å². The number of halogens is 3. The van der Waals surface area contributed by atoms with Crippen molar-refractivity contribution < 1.29 is 26.3 Å². The van der Waals surface area contributed by atoms with Gasteiger partial charge in [-0.25, -0.2) is 8.42 Å². The average molecular weight is 414 g/mol. The molecule has 0 aliphatic carbocycles. The Hall–Kier alpha value is -1.07. The summed E-state index contributed by atoms with van der Waals surface area (Å²) in [6.07, 6.45) is -1.64. The Morgan fingerprint density at radius 2 is 2.00 bits per heavy atom. The van der Waals surface area contributed by atoms with Gasteiger partial charge in [0.1, 0.15) is 0 Å². The lowest BCUT2D eigenvalue weighted by Gasteiger charge is -2.34. The van der Waals surface area contributed by atoms with E-state index in [9.17, 15) is 21.6 Å². The van der Waals surface area contributed by atoms with Crippen LogP contribution in [0, 0.1) is 0 Å². The molecule has 2 heterocycles. The number of nitrogens with zero attached hydrogens (tertiary/aromatic N) is 2. The molecule has 2 rings (SSSR count). The maximum absolute atomic E-state index is 12.5. The molecule has 2 saturated heterocycles. The summed E-state index contributed by atoms with van der Waals surface area (Å²) in [5.41, 5.74) is 0. The van der Waals surface area contributed by atoms with Crippen LogP contribution in [0.25, 0.3) is 0 Å². The van der Waals surface area contributed by atoms with Crippen molar-refractivity contribution in [1.82, 2.24) is 15.5 Å². The summed E-state index contributed by atoms with van der Waals surface area (Å²) in [7, 11) is -3.33. The smallest absolute Gasteiger partial charge is 0.381 e. The first-order chi connectivity index (χ1) is 12.5. The van der Waals surface area contributed by atoms with Gasteiger partial charge in [0.15, 0.2) is 15.8 Å². The van der Waals surface area contributed by atoms with E-state index in [1.54, 1.807) is 0 Å². The van der Waals surface area contributed by atoms with E-state index in [4.69, 9.17) is 4.74 Å². The Balaban J connectivity index is 2.01. The van der Waals surface area contributed by atoms with Gasteiger partial charge in [-0.1, -0.05) is 0 Å². The molecule has 2 aliphatic heterocycles. The van der Waals surface area contributed by atoms with Gasteiger partial charge in [-0.15, -0.1) is 0 Å². The number of sulfone groups is 1. The summed E-state index contributed by atoms with van der Waals surface area (Å²) in [6.45, 7) is 3.02.